The fraction of sp³-hybridized carbons (Fsp3) is 0.333. The van der Waals surface area contributed by atoms with Gasteiger partial charge in [-0.1, -0.05) is 83.0 Å². The van der Waals surface area contributed by atoms with E-state index in [1.54, 1.807) is 0 Å². The molecule has 3 rings (SSSR count). The van der Waals surface area contributed by atoms with Gasteiger partial charge in [0.2, 0.25) is 0 Å². The first-order chi connectivity index (χ1) is 11.2. The Bertz CT molecular complexity index is 615. The van der Waals surface area contributed by atoms with Gasteiger partial charge in [0.15, 0.2) is 5.78 Å². The number of hydrogen-bond acceptors (Lipinski definition) is 2. The van der Waals surface area contributed by atoms with Crippen LogP contribution in [0.1, 0.15) is 49.2 Å². The Labute approximate surface area is 179 Å². The maximum Gasteiger partial charge on any atom is 0.324 e. The van der Waals surface area contributed by atoms with E-state index in [-0.39, 0.29) is 52.8 Å². The first-order valence-electron chi connectivity index (χ1n) is 8.55. The topological polar surface area (TPSA) is 26.3 Å². The number of hydrogen-bond donors (Lipinski definition) is 0. The van der Waals surface area contributed by atoms with E-state index in [1.807, 2.05) is 64.1 Å². The van der Waals surface area contributed by atoms with Crippen LogP contribution in [0.4, 0.5) is 0 Å². The van der Waals surface area contributed by atoms with E-state index >= 15 is 0 Å². The Morgan fingerprint density at radius 2 is 1.64 bits per heavy atom. The normalized spacial score (nSPS) is 10.7. The first-order valence-corrected chi connectivity index (χ1v) is 8.55. The van der Waals surface area contributed by atoms with E-state index in [2.05, 4.69) is 19.0 Å². The van der Waals surface area contributed by atoms with Gasteiger partial charge in [-0.15, -0.1) is 0 Å². The smallest absolute Gasteiger partial charge is 0.324 e. The molecule has 4 heteroatoms. The third-order valence-corrected chi connectivity index (χ3v) is 3.60. The van der Waals surface area contributed by atoms with Gasteiger partial charge in [0, 0.05) is 44.7 Å². The van der Waals surface area contributed by atoms with Crippen LogP contribution in [0.15, 0.2) is 48.5 Å². The zero-order chi connectivity index (χ0) is 17.2. The Morgan fingerprint density at radius 3 is 2.24 bits per heavy atom. The molecule has 0 unspecified atom stereocenters. The minimum Gasteiger partial charge on any atom is -0.427 e. The molecule has 0 saturated carbocycles. The molecular formula is C21H30BO2Y-. The number of rotatable bonds is 3. The Hall–Kier alpha value is -0.761. The van der Waals surface area contributed by atoms with E-state index in [0.717, 1.165) is 11.1 Å². The minimum atomic E-state index is 0. The van der Waals surface area contributed by atoms with Crippen LogP contribution in [0.2, 0.25) is 6.82 Å². The van der Waals surface area contributed by atoms with Gasteiger partial charge in [-0.3, -0.25) is 4.79 Å². The van der Waals surface area contributed by atoms with E-state index in [1.165, 1.54) is 11.0 Å². The Kier molecular flexibility index (Phi) is 15.3. The zero-order valence-electron chi connectivity index (χ0n) is 16.5. The SMILES string of the molecule is CB1OCc2ccc(CC(=O)c3ccccc3)cc21.CC.CC.[CH3-].[Y]. The average molecular weight is 414 g/mol. The fourth-order valence-corrected chi connectivity index (χ4v) is 2.48. The standard InChI is InChI=1S/C16H15BO2.2C2H6.CH3.Y/c1-17-15-9-12(7-8-14(15)11-19-17)10-16(18)13-5-3-2-4-6-13;2*1-2;;/h2-9H,10-11H2,1H3;2*1-2H3;1H3;/q;;;-1;. The summed E-state index contributed by atoms with van der Waals surface area (Å²) in [5.74, 6) is 0.159. The second kappa shape index (κ2) is 14.4. The van der Waals surface area contributed by atoms with Crippen molar-refractivity contribution in [2.75, 3.05) is 0 Å². The Balaban J connectivity index is 0. The largest absolute Gasteiger partial charge is 0.427 e. The number of Topliss-reactive ketones (excluding diaryl/α,β-unsaturated/α-hetero) is 1. The molecule has 0 spiro atoms. The van der Waals surface area contributed by atoms with Gasteiger partial charge in [0.1, 0.15) is 0 Å². The summed E-state index contributed by atoms with van der Waals surface area (Å²) in [7, 11) is 0. The molecule has 2 aromatic carbocycles. The molecule has 0 amide bonds. The molecule has 0 fully saturated rings. The van der Waals surface area contributed by atoms with Gasteiger partial charge >= 0.3 is 6.92 Å². The van der Waals surface area contributed by atoms with Crippen molar-refractivity contribution < 1.29 is 42.2 Å². The monoisotopic (exact) mass is 414 g/mol. The van der Waals surface area contributed by atoms with Gasteiger partial charge < -0.3 is 12.1 Å². The van der Waals surface area contributed by atoms with Gasteiger partial charge in [-0.2, -0.15) is 0 Å². The van der Waals surface area contributed by atoms with Crippen LogP contribution in [0, 0.1) is 7.43 Å². The molecule has 1 heterocycles. The number of carbonyl (C=O) groups is 1. The van der Waals surface area contributed by atoms with Crippen molar-refractivity contribution in [2.24, 2.45) is 0 Å². The molecule has 2 aromatic rings. The second-order valence-electron chi connectivity index (χ2n) is 4.95. The predicted octanol–water partition coefficient (Wildman–Crippen LogP) is 4.97. The molecule has 133 valence electrons. The van der Waals surface area contributed by atoms with Gasteiger partial charge in [-0.05, 0) is 16.6 Å². The predicted molar refractivity (Wildman–Crippen MR) is 106 cm³/mol. The quantitative estimate of drug-likeness (QED) is 0.403. The van der Waals surface area contributed by atoms with Crippen LogP contribution in [-0.4, -0.2) is 12.7 Å². The van der Waals surface area contributed by atoms with Crippen LogP contribution in [-0.2, 0) is 50.4 Å². The molecule has 1 radical (unpaired) electrons. The third-order valence-electron chi connectivity index (χ3n) is 3.60. The molecule has 0 N–H and O–H groups in total. The van der Waals surface area contributed by atoms with Crippen LogP contribution in [0.3, 0.4) is 0 Å². The van der Waals surface area contributed by atoms with Crippen molar-refractivity contribution >= 4 is 18.2 Å². The van der Waals surface area contributed by atoms with Crippen molar-refractivity contribution in [1.29, 1.82) is 0 Å². The molecule has 25 heavy (non-hydrogen) atoms. The molecule has 0 saturated heterocycles. The average Bonchev–Trinajstić information content (AvgIpc) is 3.00. The molecule has 1 aliphatic heterocycles. The summed E-state index contributed by atoms with van der Waals surface area (Å²) in [6.45, 7) is 10.9. The maximum absolute atomic E-state index is 12.2. The second-order valence-corrected chi connectivity index (χ2v) is 4.95. The number of ketones is 1. The number of benzene rings is 2. The fourth-order valence-electron chi connectivity index (χ4n) is 2.48. The molecule has 2 nitrogen and oxygen atoms in total. The van der Waals surface area contributed by atoms with Crippen LogP contribution in [0.25, 0.3) is 0 Å². The maximum atomic E-state index is 12.2. The van der Waals surface area contributed by atoms with Gasteiger partial charge in [-0.25, -0.2) is 0 Å². The summed E-state index contributed by atoms with van der Waals surface area (Å²) in [5, 5.41) is 0. The number of carbonyl (C=O) groups excluding carboxylic acids is 1. The summed E-state index contributed by atoms with van der Waals surface area (Å²) in [5.41, 5.74) is 4.29. The van der Waals surface area contributed by atoms with Crippen LogP contribution in [0.5, 0.6) is 0 Å². The molecule has 1 aliphatic rings. The molecule has 0 aliphatic carbocycles. The van der Waals surface area contributed by atoms with Gasteiger partial charge in [0.05, 0.1) is 6.61 Å². The minimum absolute atomic E-state index is 0. The van der Waals surface area contributed by atoms with Gasteiger partial charge in [0.25, 0.3) is 0 Å². The Morgan fingerprint density at radius 1 is 1.04 bits per heavy atom. The van der Waals surface area contributed by atoms with Crippen LogP contribution < -0.4 is 5.46 Å². The van der Waals surface area contributed by atoms with Crippen molar-refractivity contribution in [3.63, 3.8) is 0 Å². The van der Waals surface area contributed by atoms with E-state index in [9.17, 15) is 4.79 Å². The molecular weight excluding hydrogens is 384 g/mol. The molecule has 0 aromatic heterocycles. The summed E-state index contributed by atoms with van der Waals surface area (Å²) >= 11 is 0. The van der Waals surface area contributed by atoms with Crippen molar-refractivity contribution in [3.05, 3.63) is 72.6 Å². The summed E-state index contributed by atoms with van der Waals surface area (Å²) in [6.07, 6.45) is 0.448. The van der Waals surface area contributed by atoms with Crippen LogP contribution >= 0.6 is 0 Å². The van der Waals surface area contributed by atoms with Crippen molar-refractivity contribution in [3.8, 4) is 0 Å². The zero-order valence-corrected chi connectivity index (χ0v) is 19.3. The first kappa shape index (κ1) is 26.5. The van der Waals surface area contributed by atoms with Crippen molar-refractivity contribution in [2.45, 2.75) is 47.5 Å². The van der Waals surface area contributed by atoms with E-state index in [0.29, 0.717) is 13.0 Å². The molecule has 0 atom stereocenters. The van der Waals surface area contributed by atoms with Crippen molar-refractivity contribution in [1.82, 2.24) is 0 Å². The van der Waals surface area contributed by atoms with E-state index < -0.39 is 0 Å². The summed E-state index contributed by atoms with van der Waals surface area (Å²) < 4.78 is 5.58. The summed E-state index contributed by atoms with van der Waals surface area (Å²) in [4.78, 5) is 12.2. The third kappa shape index (κ3) is 7.56. The van der Waals surface area contributed by atoms with E-state index in [4.69, 9.17) is 4.65 Å². The summed E-state index contributed by atoms with van der Waals surface area (Å²) in [6, 6.07) is 15.6. The molecule has 0 bridgehead atoms. The number of fused-ring (bicyclic) bond motifs is 1.